The highest BCUT2D eigenvalue weighted by molar-refractivity contribution is 7.13. The summed E-state index contributed by atoms with van der Waals surface area (Å²) in [4.78, 5) is 5.36. The van der Waals surface area contributed by atoms with E-state index in [1.807, 2.05) is 42.5 Å². The van der Waals surface area contributed by atoms with Crippen molar-refractivity contribution in [3.63, 3.8) is 0 Å². The van der Waals surface area contributed by atoms with Crippen LogP contribution in [0.4, 0.5) is 0 Å². The lowest BCUT2D eigenvalue weighted by Gasteiger charge is -2.06. The fourth-order valence-electron chi connectivity index (χ4n) is 1.87. The van der Waals surface area contributed by atoms with Crippen LogP contribution < -0.4 is 0 Å². The largest absolute Gasteiger partial charge is 0.233 e. The maximum Gasteiger partial charge on any atom is 0.153 e. The van der Waals surface area contributed by atoms with Gasteiger partial charge in [0.1, 0.15) is 0 Å². The third-order valence-electron chi connectivity index (χ3n) is 2.76. The van der Waals surface area contributed by atoms with Gasteiger partial charge >= 0.3 is 0 Å². The number of halogens is 2. The van der Waals surface area contributed by atoms with Crippen LogP contribution in [0.15, 0.2) is 48.5 Å². The summed E-state index contributed by atoms with van der Waals surface area (Å²) in [5, 5.41) is 1.06. The van der Waals surface area contributed by atoms with Gasteiger partial charge in [-0.15, -0.1) is 11.3 Å². The van der Waals surface area contributed by atoms with Gasteiger partial charge in [-0.1, -0.05) is 65.7 Å². The number of nitrogens with zero attached hydrogens (tertiary/aromatic N) is 1. The molecule has 3 rings (SSSR count). The number of aromatic nitrogens is 1. The first-order valence-electron chi connectivity index (χ1n) is 5.64. The molecule has 0 aliphatic heterocycles. The summed E-state index contributed by atoms with van der Waals surface area (Å²) in [6.07, 6.45) is 0. The summed E-state index contributed by atoms with van der Waals surface area (Å²) in [5.74, 6) is 0. The summed E-state index contributed by atoms with van der Waals surface area (Å²) >= 11 is 13.8. The molecule has 93 valence electrons. The summed E-state index contributed by atoms with van der Waals surface area (Å²) in [6, 6.07) is 15.6. The monoisotopic (exact) mass is 304 g/mol. The second-order valence-corrected chi connectivity index (χ2v) is 5.53. The molecule has 0 fully saturated rings. The topological polar surface area (TPSA) is 12.9 Å². The molecule has 0 amide bonds. The molecule has 0 aliphatic rings. The van der Waals surface area contributed by atoms with Gasteiger partial charge in [0, 0.05) is 5.56 Å². The Morgan fingerprint density at radius 3 is 2.53 bits per heavy atom. The highest BCUT2D eigenvalue weighted by Crippen LogP contribution is 2.39. The Bertz CT molecular complexity index is 707. The van der Waals surface area contributed by atoms with Crippen LogP contribution in [0, 0.1) is 5.51 Å². The molecule has 1 heterocycles. The summed E-state index contributed by atoms with van der Waals surface area (Å²) in [5.41, 5.74) is 5.70. The van der Waals surface area contributed by atoms with Gasteiger partial charge in [0.05, 0.1) is 20.6 Å². The molecule has 1 aromatic heterocycles. The normalized spacial score (nSPS) is 10.6. The van der Waals surface area contributed by atoms with Crippen LogP contribution in [0.2, 0.25) is 10.0 Å². The molecular weight excluding hydrogens is 297 g/mol. The second-order valence-electron chi connectivity index (χ2n) is 3.95. The fourth-order valence-corrected chi connectivity index (χ4v) is 2.99. The van der Waals surface area contributed by atoms with E-state index in [9.17, 15) is 0 Å². The smallest absolute Gasteiger partial charge is 0.153 e. The average molecular weight is 305 g/mol. The number of hydrogen-bond acceptors (Lipinski definition) is 2. The molecule has 0 unspecified atom stereocenters. The van der Waals surface area contributed by atoms with Crippen molar-refractivity contribution in [1.82, 2.24) is 4.98 Å². The van der Waals surface area contributed by atoms with E-state index in [2.05, 4.69) is 10.5 Å². The molecule has 2 aromatic carbocycles. The first-order valence-corrected chi connectivity index (χ1v) is 7.21. The van der Waals surface area contributed by atoms with Crippen molar-refractivity contribution in [1.29, 1.82) is 0 Å². The van der Waals surface area contributed by atoms with Gasteiger partial charge < -0.3 is 0 Å². The number of rotatable bonds is 2. The molecule has 0 N–H and O–H groups in total. The lowest BCUT2D eigenvalue weighted by molar-refractivity contribution is 1.40. The SMILES string of the molecule is Clc1cccc(-c2n[c]sc2-c2ccccc2)c1Cl. The molecule has 0 atom stereocenters. The zero-order valence-corrected chi connectivity index (χ0v) is 12.1. The molecule has 0 bridgehead atoms. The van der Waals surface area contributed by atoms with Crippen LogP contribution in [0.25, 0.3) is 21.7 Å². The minimum absolute atomic E-state index is 0.528. The maximum absolute atomic E-state index is 6.26. The molecule has 3 aromatic rings. The molecule has 19 heavy (non-hydrogen) atoms. The van der Waals surface area contributed by atoms with E-state index >= 15 is 0 Å². The Labute approximate surface area is 125 Å². The van der Waals surface area contributed by atoms with Crippen LogP contribution in [-0.2, 0) is 0 Å². The lowest BCUT2D eigenvalue weighted by atomic mass is 10.1. The van der Waals surface area contributed by atoms with Crippen LogP contribution in [0.5, 0.6) is 0 Å². The molecule has 0 saturated carbocycles. The molecule has 0 spiro atoms. The van der Waals surface area contributed by atoms with Crippen LogP contribution in [0.1, 0.15) is 0 Å². The van der Waals surface area contributed by atoms with Crippen LogP contribution >= 0.6 is 34.5 Å². The average Bonchev–Trinajstić information content (AvgIpc) is 2.92. The third-order valence-corrected chi connectivity index (χ3v) is 4.40. The van der Waals surface area contributed by atoms with Crippen molar-refractivity contribution in [3.8, 4) is 21.7 Å². The van der Waals surface area contributed by atoms with Gasteiger partial charge in [0.25, 0.3) is 0 Å². The predicted molar refractivity (Wildman–Crippen MR) is 81.8 cm³/mol. The number of benzene rings is 2. The third kappa shape index (κ3) is 2.39. The summed E-state index contributed by atoms with van der Waals surface area (Å²) in [6.45, 7) is 0. The Morgan fingerprint density at radius 2 is 1.74 bits per heavy atom. The number of thiazole rings is 1. The van der Waals surface area contributed by atoms with E-state index in [0.29, 0.717) is 10.0 Å². The Morgan fingerprint density at radius 1 is 0.947 bits per heavy atom. The predicted octanol–water partition coefficient (Wildman–Crippen LogP) is 5.58. The lowest BCUT2D eigenvalue weighted by Crippen LogP contribution is -1.84. The van der Waals surface area contributed by atoms with E-state index < -0.39 is 0 Å². The van der Waals surface area contributed by atoms with E-state index in [-0.39, 0.29) is 0 Å². The molecule has 1 nitrogen and oxygen atoms in total. The van der Waals surface area contributed by atoms with Crippen molar-refractivity contribution < 1.29 is 0 Å². The van der Waals surface area contributed by atoms with Gasteiger partial charge in [0.15, 0.2) is 5.51 Å². The van der Waals surface area contributed by atoms with Gasteiger partial charge in [-0.2, -0.15) is 0 Å². The van der Waals surface area contributed by atoms with Crippen molar-refractivity contribution in [2.24, 2.45) is 0 Å². The Hall–Kier alpha value is -1.35. The Balaban J connectivity index is 2.18. The fraction of sp³-hybridized carbons (Fsp3) is 0. The first-order chi connectivity index (χ1) is 9.27. The first kappa shape index (κ1) is 12.7. The van der Waals surface area contributed by atoms with Crippen LogP contribution in [0.3, 0.4) is 0 Å². The van der Waals surface area contributed by atoms with Crippen molar-refractivity contribution in [2.45, 2.75) is 0 Å². The highest BCUT2D eigenvalue weighted by Gasteiger charge is 2.15. The van der Waals surface area contributed by atoms with E-state index in [4.69, 9.17) is 23.2 Å². The minimum atomic E-state index is 0.528. The molecule has 4 heteroatoms. The van der Waals surface area contributed by atoms with E-state index in [0.717, 1.165) is 21.7 Å². The van der Waals surface area contributed by atoms with Crippen molar-refractivity contribution in [2.75, 3.05) is 0 Å². The quantitative estimate of drug-likeness (QED) is 0.602. The molecule has 1 radical (unpaired) electrons. The summed E-state index contributed by atoms with van der Waals surface area (Å²) < 4.78 is 0. The zero-order chi connectivity index (χ0) is 13.2. The Kier molecular flexibility index (Phi) is 3.56. The van der Waals surface area contributed by atoms with Gasteiger partial charge in [-0.3, -0.25) is 0 Å². The van der Waals surface area contributed by atoms with Crippen molar-refractivity contribution >= 4 is 34.5 Å². The van der Waals surface area contributed by atoms with Crippen molar-refractivity contribution in [3.05, 3.63) is 64.1 Å². The van der Waals surface area contributed by atoms with Gasteiger partial charge in [-0.05, 0) is 11.6 Å². The molecule has 0 aliphatic carbocycles. The van der Waals surface area contributed by atoms with Gasteiger partial charge in [-0.25, -0.2) is 4.98 Å². The zero-order valence-electron chi connectivity index (χ0n) is 9.73. The maximum atomic E-state index is 6.26. The van der Waals surface area contributed by atoms with Gasteiger partial charge in [0.2, 0.25) is 0 Å². The highest BCUT2D eigenvalue weighted by atomic mass is 35.5. The number of hydrogen-bond donors (Lipinski definition) is 0. The summed E-state index contributed by atoms with van der Waals surface area (Å²) in [7, 11) is 0. The van der Waals surface area contributed by atoms with Crippen LogP contribution in [-0.4, -0.2) is 4.98 Å². The second kappa shape index (κ2) is 5.33. The van der Waals surface area contributed by atoms with E-state index in [1.165, 1.54) is 11.3 Å². The molecular formula is C15H8Cl2NS. The molecule has 0 saturated heterocycles. The van der Waals surface area contributed by atoms with E-state index in [1.54, 1.807) is 6.07 Å². The standard InChI is InChI=1S/C15H8Cl2NS/c16-12-8-4-7-11(13(12)17)14-15(19-9-18-14)10-5-2-1-3-6-10/h1-8H. The minimum Gasteiger partial charge on any atom is -0.233 e.